The Bertz CT molecular complexity index is 1180. The molecule has 4 rings (SSSR count). The van der Waals surface area contributed by atoms with E-state index in [0.29, 0.717) is 28.4 Å². The van der Waals surface area contributed by atoms with Gasteiger partial charge in [0, 0.05) is 11.4 Å². The molecule has 0 radical (unpaired) electrons. The van der Waals surface area contributed by atoms with Crippen LogP contribution in [0.1, 0.15) is 51.7 Å². The molecule has 1 aliphatic carbocycles. The third-order valence-electron chi connectivity index (χ3n) is 5.60. The molecule has 0 saturated heterocycles. The molecule has 2 aromatic carbocycles. The molecule has 0 bridgehead atoms. The van der Waals surface area contributed by atoms with E-state index in [1.165, 1.54) is 16.2 Å². The van der Waals surface area contributed by atoms with Gasteiger partial charge in [0.25, 0.3) is 11.8 Å². The molecule has 33 heavy (non-hydrogen) atoms. The quantitative estimate of drug-likeness (QED) is 0.529. The molecule has 0 saturated carbocycles. The number of carbonyl (C=O) groups excluding carboxylic acids is 2. The van der Waals surface area contributed by atoms with Crippen LogP contribution in [0.15, 0.2) is 54.6 Å². The second-order valence-corrected chi connectivity index (χ2v) is 9.07. The van der Waals surface area contributed by atoms with Crippen LogP contribution < -0.4 is 15.4 Å². The Kier molecular flexibility index (Phi) is 7.06. The molecule has 1 aromatic heterocycles. The SMILES string of the molecule is CC(Oc1ccc(C#N)cc1)C(=O)Nc1sc2c(c1C(=O)NCc1ccccc1)CCCC2. The van der Waals surface area contributed by atoms with E-state index in [9.17, 15) is 9.59 Å². The first kappa shape index (κ1) is 22.6. The van der Waals surface area contributed by atoms with Gasteiger partial charge in [0.05, 0.1) is 17.2 Å². The summed E-state index contributed by atoms with van der Waals surface area (Å²) in [5.74, 6) is 0.00670. The number of anilines is 1. The Morgan fingerprint density at radius 2 is 1.82 bits per heavy atom. The van der Waals surface area contributed by atoms with Crippen molar-refractivity contribution in [1.82, 2.24) is 5.32 Å². The molecule has 0 spiro atoms. The summed E-state index contributed by atoms with van der Waals surface area (Å²) in [7, 11) is 0. The van der Waals surface area contributed by atoms with Crippen molar-refractivity contribution in [2.75, 3.05) is 5.32 Å². The molecule has 7 heteroatoms. The van der Waals surface area contributed by atoms with Crippen LogP contribution in [-0.4, -0.2) is 17.9 Å². The van der Waals surface area contributed by atoms with Crippen molar-refractivity contribution in [2.45, 2.75) is 45.3 Å². The third-order valence-corrected chi connectivity index (χ3v) is 6.80. The maximum Gasteiger partial charge on any atom is 0.265 e. The number of nitrogens with zero attached hydrogens (tertiary/aromatic N) is 1. The first-order chi connectivity index (χ1) is 16.0. The summed E-state index contributed by atoms with van der Waals surface area (Å²) in [6.07, 6.45) is 3.12. The van der Waals surface area contributed by atoms with Gasteiger partial charge in [-0.3, -0.25) is 9.59 Å². The van der Waals surface area contributed by atoms with E-state index in [0.717, 1.165) is 36.8 Å². The molecule has 3 aromatic rings. The lowest BCUT2D eigenvalue weighted by Crippen LogP contribution is -2.31. The van der Waals surface area contributed by atoms with E-state index in [2.05, 4.69) is 16.7 Å². The summed E-state index contributed by atoms with van der Waals surface area (Å²) >= 11 is 1.48. The zero-order valence-electron chi connectivity index (χ0n) is 18.4. The van der Waals surface area contributed by atoms with E-state index < -0.39 is 6.10 Å². The summed E-state index contributed by atoms with van der Waals surface area (Å²) < 4.78 is 5.74. The minimum Gasteiger partial charge on any atom is -0.481 e. The highest BCUT2D eigenvalue weighted by molar-refractivity contribution is 7.17. The number of aryl methyl sites for hydroxylation is 1. The first-order valence-corrected chi connectivity index (χ1v) is 11.8. The average molecular weight is 460 g/mol. The number of carbonyl (C=O) groups is 2. The normalized spacial score (nSPS) is 13.3. The maximum atomic E-state index is 13.2. The number of thiophene rings is 1. The van der Waals surface area contributed by atoms with Crippen LogP contribution in [0.4, 0.5) is 5.00 Å². The van der Waals surface area contributed by atoms with E-state index in [-0.39, 0.29) is 11.8 Å². The molecule has 1 heterocycles. The highest BCUT2D eigenvalue weighted by Crippen LogP contribution is 2.38. The van der Waals surface area contributed by atoms with Gasteiger partial charge in [-0.05, 0) is 68.0 Å². The fourth-order valence-electron chi connectivity index (χ4n) is 3.84. The topological polar surface area (TPSA) is 91.2 Å². The Morgan fingerprint density at radius 3 is 2.55 bits per heavy atom. The van der Waals surface area contributed by atoms with Crippen LogP contribution in [-0.2, 0) is 24.2 Å². The zero-order chi connectivity index (χ0) is 23.2. The number of amides is 2. The summed E-state index contributed by atoms with van der Waals surface area (Å²) in [6.45, 7) is 2.09. The van der Waals surface area contributed by atoms with Crippen LogP contribution in [0.3, 0.4) is 0 Å². The zero-order valence-corrected chi connectivity index (χ0v) is 19.2. The van der Waals surface area contributed by atoms with Crippen molar-refractivity contribution >= 4 is 28.2 Å². The molecule has 1 unspecified atom stereocenters. The largest absolute Gasteiger partial charge is 0.481 e. The highest BCUT2D eigenvalue weighted by Gasteiger charge is 2.27. The fraction of sp³-hybridized carbons (Fsp3) is 0.269. The number of ether oxygens (including phenoxy) is 1. The van der Waals surface area contributed by atoms with Gasteiger partial charge >= 0.3 is 0 Å². The Labute approximate surface area is 197 Å². The van der Waals surface area contributed by atoms with Gasteiger partial charge in [-0.15, -0.1) is 11.3 Å². The fourth-order valence-corrected chi connectivity index (χ4v) is 5.13. The summed E-state index contributed by atoms with van der Waals surface area (Å²) in [5.41, 5.74) is 3.16. The molecule has 2 amide bonds. The monoisotopic (exact) mass is 459 g/mol. The van der Waals surface area contributed by atoms with E-state index in [4.69, 9.17) is 10.00 Å². The summed E-state index contributed by atoms with van der Waals surface area (Å²) in [5, 5.41) is 15.4. The van der Waals surface area contributed by atoms with Crippen LogP contribution in [0.5, 0.6) is 5.75 Å². The molecule has 0 fully saturated rings. The number of rotatable bonds is 7. The standard InChI is InChI=1S/C26H25N3O3S/c1-17(32-20-13-11-18(15-27)12-14-20)24(30)29-26-23(21-9-5-6-10-22(21)33-26)25(31)28-16-19-7-3-2-4-8-19/h2-4,7-8,11-14,17H,5-6,9-10,16H2,1H3,(H,28,31)(H,29,30). The lowest BCUT2D eigenvalue weighted by Gasteiger charge is -2.16. The van der Waals surface area contributed by atoms with Gasteiger partial charge in [0.15, 0.2) is 6.10 Å². The summed E-state index contributed by atoms with van der Waals surface area (Å²) in [4.78, 5) is 27.2. The molecule has 6 nitrogen and oxygen atoms in total. The van der Waals surface area contributed by atoms with Crippen molar-refractivity contribution in [3.8, 4) is 11.8 Å². The molecule has 1 atom stereocenters. The van der Waals surface area contributed by atoms with Crippen molar-refractivity contribution < 1.29 is 14.3 Å². The minimum atomic E-state index is -0.766. The van der Waals surface area contributed by atoms with Gasteiger partial charge in [-0.2, -0.15) is 5.26 Å². The average Bonchev–Trinajstić information content (AvgIpc) is 3.21. The molecular formula is C26H25N3O3S. The number of hydrogen-bond donors (Lipinski definition) is 2. The molecule has 168 valence electrons. The van der Waals surface area contributed by atoms with Gasteiger partial charge in [0.2, 0.25) is 0 Å². The molecule has 1 aliphatic rings. The second kappa shape index (κ2) is 10.3. The van der Waals surface area contributed by atoms with Gasteiger partial charge in [-0.25, -0.2) is 0 Å². The molecule has 0 aliphatic heterocycles. The van der Waals surface area contributed by atoms with E-state index in [1.807, 2.05) is 30.3 Å². The van der Waals surface area contributed by atoms with Gasteiger partial charge in [0.1, 0.15) is 10.8 Å². The number of nitriles is 1. The second-order valence-electron chi connectivity index (χ2n) is 7.97. The predicted molar refractivity (Wildman–Crippen MR) is 128 cm³/mol. The van der Waals surface area contributed by atoms with Crippen LogP contribution in [0.25, 0.3) is 0 Å². The first-order valence-electron chi connectivity index (χ1n) is 11.0. The molecule has 2 N–H and O–H groups in total. The summed E-state index contributed by atoms with van der Waals surface area (Å²) in [6, 6.07) is 18.4. The van der Waals surface area contributed by atoms with E-state index in [1.54, 1.807) is 31.2 Å². The smallest absolute Gasteiger partial charge is 0.265 e. The Hall–Kier alpha value is -3.63. The van der Waals surface area contributed by atoms with Crippen LogP contribution in [0, 0.1) is 11.3 Å². The van der Waals surface area contributed by atoms with Crippen LogP contribution >= 0.6 is 11.3 Å². The third kappa shape index (κ3) is 5.41. The van der Waals surface area contributed by atoms with Crippen LogP contribution in [0.2, 0.25) is 0 Å². The highest BCUT2D eigenvalue weighted by atomic mass is 32.1. The Morgan fingerprint density at radius 1 is 1.09 bits per heavy atom. The van der Waals surface area contributed by atoms with Gasteiger partial charge in [-0.1, -0.05) is 30.3 Å². The van der Waals surface area contributed by atoms with E-state index >= 15 is 0 Å². The maximum absolute atomic E-state index is 13.2. The number of benzene rings is 2. The predicted octanol–water partition coefficient (Wildman–Crippen LogP) is 4.83. The lowest BCUT2D eigenvalue weighted by molar-refractivity contribution is -0.122. The minimum absolute atomic E-state index is 0.172. The van der Waals surface area contributed by atoms with Crippen molar-refractivity contribution in [3.63, 3.8) is 0 Å². The lowest BCUT2D eigenvalue weighted by atomic mass is 9.95. The number of hydrogen-bond acceptors (Lipinski definition) is 5. The number of nitrogens with one attached hydrogen (secondary N) is 2. The molecular weight excluding hydrogens is 434 g/mol. The van der Waals surface area contributed by atoms with Gasteiger partial charge < -0.3 is 15.4 Å². The van der Waals surface area contributed by atoms with Crippen molar-refractivity contribution in [1.29, 1.82) is 5.26 Å². The Balaban J connectivity index is 1.49. The van der Waals surface area contributed by atoms with Crippen molar-refractivity contribution in [2.24, 2.45) is 0 Å². The van der Waals surface area contributed by atoms with Crippen molar-refractivity contribution in [3.05, 3.63) is 81.7 Å². The number of fused-ring (bicyclic) bond motifs is 1.